The first kappa shape index (κ1) is 29.4. The van der Waals surface area contributed by atoms with E-state index in [1.165, 1.54) is 23.1 Å². The van der Waals surface area contributed by atoms with Crippen LogP contribution in [0.4, 0.5) is 23.7 Å². The highest BCUT2D eigenvalue weighted by Crippen LogP contribution is 2.37. The van der Waals surface area contributed by atoms with Crippen LogP contribution in [0.5, 0.6) is 0 Å². The normalized spacial score (nSPS) is 23.0. The minimum atomic E-state index is -4.44. The summed E-state index contributed by atoms with van der Waals surface area (Å²) in [5.41, 5.74) is 0.680. The lowest BCUT2D eigenvalue weighted by molar-refractivity contribution is -0.138. The molecule has 2 unspecified atom stereocenters. The summed E-state index contributed by atoms with van der Waals surface area (Å²) in [5.74, 6) is 0.283. The Balaban J connectivity index is 0.00000165. The zero-order valence-corrected chi connectivity index (χ0v) is 23.8. The number of rotatable bonds is 4. The van der Waals surface area contributed by atoms with Crippen molar-refractivity contribution in [2.45, 2.75) is 39.4 Å². The molecule has 1 aromatic carbocycles. The third-order valence-corrected chi connectivity index (χ3v) is 8.42. The van der Waals surface area contributed by atoms with E-state index in [4.69, 9.17) is 4.74 Å². The molecule has 4 aliphatic rings. The van der Waals surface area contributed by atoms with Gasteiger partial charge in [0.1, 0.15) is 0 Å². The predicted octanol–water partition coefficient (Wildman–Crippen LogP) is 4.03. The number of benzene rings is 1. The molecule has 5 heterocycles. The van der Waals surface area contributed by atoms with Crippen LogP contribution < -0.4 is 4.90 Å². The maximum atomic E-state index is 14.0. The number of hydrogen-bond donors (Lipinski definition) is 0. The Labute approximate surface area is 238 Å². The van der Waals surface area contributed by atoms with Gasteiger partial charge in [-0.1, -0.05) is 19.9 Å². The van der Waals surface area contributed by atoms with Gasteiger partial charge in [0.25, 0.3) is 5.91 Å². The Hall–Kier alpha value is -3.12. The molecule has 2 amide bonds. The van der Waals surface area contributed by atoms with Crippen molar-refractivity contribution in [3.8, 4) is 0 Å². The van der Waals surface area contributed by atoms with Gasteiger partial charge in [0, 0.05) is 70.8 Å². The fourth-order valence-corrected chi connectivity index (χ4v) is 6.39. The van der Waals surface area contributed by atoms with Crippen LogP contribution in [0.15, 0.2) is 30.6 Å². The second-order valence-corrected chi connectivity index (χ2v) is 11.0. The second-order valence-electron chi connectivity index (χ2n) is 11.0. The first-order chi connectivity index (χ1) is 19.8. The summed E-state index contributed by atoms with van der Waals surface area (Å²) < 4.78 is 48.6. The van der Waals surface area contributed by atoms with Crippen molar-refractivity contribution >= 4 is 17.6 Å². The molecule has 0 radical (unpaired) electrons. The summed E-state index contributed by atoms with van der Waals surface area (Å²) in [6.45, 7) is 10.2. The van der Waals surface area contributed by atoms with E-state index in [9.17, 15) is 22.8 Å². The molecule has 12 heteroatoms. The van der Waals surface area contributed by atoms with E-state index in [1.54, 1.807) is 21.9 Å². The third-order valence-electron chi connectivity index (χ3n) is 8.42. The largest absolute Gasteiger partial charge is 0.416 e. The fourth-order valence-electron chi connectivity index (χ4n) is 6.39. The van der Waals surface area contributed by atoms with Crippen molar-refractivity contribution in [1.29, 1.82) is 0 Å². The van der Waals surface area contributed by atoms with Crippen LogP contribution in [0.3, 0.4) is 0 Å². The number of carbonyl (C=O) groups excluding carboxylic acids is 2. The van der Waals surface area contributed by atoms with Crippen molar-refractivity contribution in [3.05, 3.63) is 47.3 Å². The van der Waals surface area contributed by atoms with Gasteiger partial charge in [-0.15, -0.1) is 0 Å². The molecule has 6 rings (SSSR count). The van der Waals surface area contributed by atoms with Gasteiger partial charge in [-0.2, -0.15) is 23.0 Å². The van der Waals surface area contributed by atoms with Gasteiger partial charge >= 0.3 is 12.2 Å². The van der Waals surface area contributed by atoms with Crippen LogP contribution in [0.1, 0.15) is 48.2 Å². The van der Waals surface area contributed by atoms with E-state index in [0.717, 1.165) is 25.9 Å². The Morgan fingerprint density at radius 3 is 2.24 bits per heavy atom. The van der Waals surface area contributed by atoms with Crippen molar-refractivity contribution in [2.75, 3.05) is 70.5 Å². The van der Waals surface area contributed by atoms with Crippen LogP contribution in [-0.2, 0) is 17.5 Å². The molecule has 2 atom stereocenters. The van der Waals surface area contributed by atoms with Gasteiger partial charge in [-0.3, -0.25) is 9.69 Å². The minimum Gasteiger partial charge on any atom is -0.378 e. The van der Waals surface area contributed by atoms with Crippen LogP contribution in [0, 0.1) is 11.8 Å². The zero-order chi connectivity index (χ0) is 29.1. The van der Waals surface area contributed by atoms with Crippen molar-refractivity contribution in [2.24, 2.45) is 11.8 Å². The Morgan fingerprint density at radius 1 is 0.951 bits per heavy atom. The molecule has 4 saturated heterocycles. The highest BCUT2D eigenvalue weighted by atomic mass is 19.4. The van der Waals surface area contributed by atoms with Crippen molar-refractivity contribution in [3.63, 3.8) is 0 Å². The van der Waals surface area contributed by atoms with Gasteiger partial charge in [-0.25, -0.2) is 4.79 Å². The van der Waals surface area contributed by atoms with E-state index in [0.29, 0.717) is 63.7 Å². The molecule has 41 heavy (non-hydrogen) atoms. The smallest absolute Gasteiger partial charge is 0.378 e. The number of amides is 2. The number of halogens is 3. The number of nitrogens with zero attached hydrogens (tertiary/aromatic N) is 6. The average Bonchev–Trinajstić information content (AvgIpc) is 3.78. The molecule has 0 N–H and O–H groups in total. The first-order valence-electron chi connectivity index (χ1n) is 14.6. The van der Waals surface area contributed by atoms with Gasteiger partial charge in [-0.05, 0) is 42.4 Å². The number of morpholine rings is 1. The summed E-state index contributed by atoms with van der Waals surface area (Å²) in [6, 6.07) is 4.38. The molecule has 1 aromatic heterocycles. The quantitative estimate of drug-likeness (QED) is 0.548. The molecular formula is C29H39F3N6O3. The fraction of sp³-hybridized carbons (Fsp3) is 0.621. The first-order valence-corrected chi connectivity index (χ1v) is 14.6. The zero-order valence-electron chi connectivity index (χ0n) is 23.8. The molecule has 0 aliphatic carbocycles. The van der Waals surface area contributed by atoms with Crippen molar-refractivity contribution in [1.82, 2.24) is 24.5 Å². The summed E-state index contributed by atoms with van der Waals surface area (Å²) in [4.78, 5) is 33.2. The van der Waals surface area contributed by atoms with E-state index < -0.39 is 11.7 Å². The molecule has 9 nitrogen and oxygen atoms in total. The highest BCUT2D eigenvalue weighted by molar-refractivity contribution is 5.94. The molecule has 0 spiro atoms. The van der Waals surface area contributed by atoms with E-state index >= 15 is 0 Å². The number of fused-ring (bicyclic) bond motifs is 1. The summed E-state index contributed by atoms with van der Waals surface area (Å²) >= 11 is 0. The van der Waals surface area contributed by atoms with Gasteiger partial charge < -0.3 is 19.4 Å². The van der Waals surface area contributed by atoms with Crippen LogP contribution in [0.2, 0.25) is 0 Å². The van der Waals surface area contributed by atoms with E-state index in [2.05, 4.69) is 10.00 Å². The summed E-state index contributed by atoms with van der Waals surface area (Å²) in [6.07, 6.45) is 0.491. The predicted molar refractivity (Wildman–Crippen MR) is 148 cm³/mol. The maximum absolute atomic E-state index is 14.0. The highest BCUT2D eigenvalue weighted by Gasteiger charge is 2.43. The lowest BCUT2D eigenvalue weighted by Gasteiger charge is -2.30. The number of hydrogen-bond acceptors (Lipinski definition) is 6. The molecule has 0 bridgehead atoms. The summed E-state index contributed by atoms with van der Waals surface area (Å²) in [7, 11) is 0. The van der Waals surface area contributed by atoms with E-state index in [-0.39, 0.29) is 35.9 Å². The number of ether oxygens (including phenoxy) is 1. The molecule has 0 saturated carbocycles. The second kappa shape index (κ2) is 12.4. The topological polar surface area (TPSA) is 74.2 Å². The number of likely N-dealkylation sites (tertiary alicyclic amines) is 3. The van der Waals surface area contributed by atoms with Gasteiger partial charge in [0.2, 0.25) is 0 Å². The molecule has 224 valence electrons. The lowest BCUT2D eigenvalue weighted by atomic mass is 10.0. The Kier molecular flexibility index (Phi) is 8.88. The molecule has 4 aliphatic heterocycles. The Bertz CT molecular complexity index is 1210. The van der Waals surface area contributed by atoms with Gasteiger partial charge in [0.05, 0.1) is 30.5 Å². The number of aromatic nitrogens is 2. The lowest BCUT2D eigenvalue weighted by Crippen LogP contribution is -2.36. The third kappa shape index (κ3) is 6.38. The van der Waals surface area contributed by atoms with Crippen LogP contribution >= 0.6 is 0 Å². The van der Waals surface area contributed by atoms with Crippen LogP contribution in [0.25, 0.3) is 0 Å². The molecule has 4 fully saturated rings. The molecule has 2 aromatic rings. The van der Waals surface area contributed by atoms with E-state index in [1.807, 2.05) is 18.7 Å². The number of anilines is 1. The summed E-state index contributed by atoms with van der Waals surface area (Å²) in [5, 5.41) is 4.14. The van der Waals surface area contributed by atoms with Gasteiger partial charge in [0.15, 0.2) is 0 Å². The average molecular weight is 577 g/mol. The minimum absolute atomic E-state index is 0.100. The standard InChI is InChI=1S/C27H33F3N6O3.C2H6/c28-27(29,30)24-11-23(33-7-9-39-10-8-33)4-3-19(24)13-32-14-21-16-35(17-22(21)15-32)26(38)36-18-20(12-31-36)25(37)34-5-1-2-6-34;1-2/h3-4,11-12,18,21-22H,1-2,5-10,13-17H2;1-2H3. The van der Waals surface area contributed by atoms with Crippen molar-refractivity contribution < 1.29 is 27.5 Å². The molecular weight excluding hydrogens is 537 g/mol. The SMILES string of the molecule is CC.O=C(c1cnn(C(=O)N2CC3CN(Cc4ccc(N5CCOCC5)cc4C(F)(F)F)CC3C2)c1)N1CCCC1. The monoisotopic (exact) mass is 576 g/mol. The maximum Gasteiger partial charge on any atom is 0.416 e. The Morgan fingerprint density at radius 2 is 1.61 bits per heavy atom. The number of carbonyl (C=O) groups is 2. The number of alkyl halides is 3. The van der Waals surface area contributed by atoms with Crippen LogP contribution in [-0.4, -0.2) is 102 Å².